The Hall–Kier alpha value is -3.10. The minimum Gasteiger partial charge on any atom is -0.490 e. The van der Waals surface area contributed by atoms with E-state index in [9.17, 15) is 14.7 Å². The third-order valence-electron chi connectivity index (χ3n) is 6.21. The molecule has 1 amide bonds. The van der Waals surface area contributed by atoms with Gasteiger partial charge in [0.25, 0.3) is 0 Å². The fourth-order valence-corrected chi connectivity index (χ4v) is 4.09. The summed E-state index contributed by atoms with van der Waals surface area (Å²) >= 11 is 0. The van der Waals surface area contributed by atoms with Crippen molar-refractivity contribution in [3.05, 3.63) is 30.0 Å². The molecule has 0 bridgehead atoms. The predicted octanol–water partition coefficient (Wildman–Crippen LogP) is 3.53. The van der Waals surface area contributed by atoms with Gasteiger partial charge in [-0.2, -0.15) is 0 Å². The second-order valence-electron chi connectivity index (χ2n) is 8.70. The Bertz CT molecular complexity index is 938. The van der Waals surface area contributed by atoms with Gasteiger partial charge in [-0.15, -0.1) is 5.10 Å². The highest BCUT2D eigenvalue weighted by atomic mass is 16.5. The molecule has 1 aromatic carbocycles. The Balaban J connectivity index is 1.33. The monoisotopic (exact) mass is 442 g/mol. The Kier molecular flexibility index (Phi) is 6.92. The summed E-state index contributed by atoms with van der Waals surface area (Å²) in [7, 11) is 1.78. The van der Waals surface area contributed by atoms with E-state index in [0.717, 1.165) is 36.4 Å². The number of hydrogen-bond acceptors (Lipinski definition) is 6. The summed E-state index contributed by atoms with van der Waals surface area (Å²) in [5.74, 6) is 0.347. The summed E-state index contributed by atoms with van der Waals surface area (Å²) in [6.45, 7) is 0.709. The SMILES string of the molecule is Cn1nnc(-c2ccc(OC3CCCC(C(=O)O)C3)cc2)c1CNC(=O)OCCC1CC1. The number of nitrogens with zero attached hydrogens (tertiary/aromatic N) is 3. The van der Waals surface area contributed by atoms with Crippen LogP contribution < -0.4 is 10.1 Å². The molecule has 0 aliphatic heterocycles. The third kappa shape index (κ3) is 5.77. The van der Waals surface area contributed by atoms with Crippen molar-refractivity contribution in [3.63, 3.8) is 0 Å². The molecule has 2 fully saturated rings. The maximum Gasteiger partial charge on any atom is 0.407 e. The lowest BCUT2D eigenvalue weighted by molar-refractivity contribution is -0.143. The average molecular weight is 443 g/mol. The molecular formula is C23H30N4O5. The fourth-order valence-electron chi connectivity index (χ4n) is 4.09. The van der Waals surface area contributed by atoms with E-state index in [-0.39, 0.29) is 18.6 Å². The number of aromatic nitrogens is 3. The molecule has 2 unspecified atom stereocenters. The van der Waals surface area contributed by atoms with Crippen LogP contribution in [0.15, 0.2) is 24.3 Å². The summed E-state index contributed by atoms with van der Waals surface area (Å²) in [5, 5.41) is 20.4. The van der Waals surface area contributed by atoms with E-state index in [2.05, 4.69) is 15.6 Å². The van der Waals surface area contributed by atoms with E-state index in [4.69, 9.17) is 9.47 Å². The molecule has 4 rings (SSSR count). The van der Waals surface area contributed by atoms with E-state index in [1.807, 2.05) is 24.3 Å². The number of carbonyl (C=O) groups excluding carboxylic acids is 1. The number of ether oxygens (including phenoxy) is 2. The van der Waals surface area contributed by atoms with Crippen LogP contribution in [0.4, 0.5) is 4.79 Å². The summed E-state index contributed by atoms with van der Waals surface area (Å²) in [5.41, 5.74) is 2.31. The minimum absolute atomic E-state index is 0.0853. The molecule has 2 atom stereocenters. The number of alkyl carbamates (subject to hydrolysis) is 1. The minimum atomic E-state index is -0.746. The van der Waals surface area contributed by atoms with E-state index in [1.54, 1.807) is 11.7 Å². The number of aryl methyl sites for hydroxylation is 1. The van der Waals surface area contributed by atoms with Crippen LogP contribution in [0.2, 0.25) is 0 Å². The topological polar surface area (TPSA) is 116 Å². The summed E-state index contributed by atoms with van der Waals surface area (Å²) in [6.07, 6.45) is 5.86. The average Bonchev–Trinajstić information content (AvgIpc) is 3.54. The lowest BCUT2D eigenvalue weighted by Crippen LogP contribution is -2.29. The summed E-state index contributed by atoms with van der Waals surface area (Å²) < 4.78 is 12.9. The van der Waals surface area contributed by atoms with Crippen molar-refractivity contribution in [2.24, 2.45) is 18.9 Å². The van der Waals surface area contributed by atoms with Crippen molar-refractivity contribution >= 4 is 12.1 Å². The number of carboxylic acids is 1. The third-order valence-corrected chi connectivity index (χ3v) is 6.21. The van der Waals surface area contributed by atoms with Gasteiger partial charge in [0.15, 0.2) is 0 Å². The van der Waals surface area contributed by atoms with Gasteiger partial charge in [-0.3, -0.25) is 4.79 Å². The second kappa shape index (κ2) is 10.0. The molecule has 2 aromatic rings. The molecule has 0 saturated heterocycles. The Morgan fingerprint density at radius 3 is 2.69 bits per heavy atom. The summed E-state index contributed by atoms with van der Waals surface area (Å²) in [6, 6.07) is 7.51. The first kappa shape index (κ1) is 22.1. The number of rotatable bonds is 9. The molecule has 9 nitrogen and oxygen atoms in total. The van der Waals surface area contributed by atoms with Crippen LogP contribution in [-0.2, 0) is 23.1 Å². The lowest BCUT2D eigenvalue weighted by Gasteiger charge is -2.27. The van der Waals surface area contributed by atoms with Gasteiger partial charge >= 0.3 is 12.1 Å². The lowest BCUT2D eigenvalue weighted by atomic mass is 9.87. The van der Waals surface area contributed by atoms with E-state index in [1.165, 1.54) is 12.8 Å². The number of hydrogen-bond donors (Lipinski definition) is 2. The largest absolute Gasteiger partial charge is 0.490 e. The van der Waals surface area contributed by atoms with E-state index < -0.39 is 12.1 Å². The number of amides is 1. The Labute approximate surface area is 187 Å². The van der Waals surface area contributed by atoms with Crippen LogP contribution in [0.1, 0.15) is 50.6 Å². The number of aliphatic carboxylic acids is 1. The van der Waals surface area contributed by atoms with Crippen LogP contribution in [0, 0.1) is 11.8 Å². The zero-order chi connectivity index (χ0) is 22.5. The van der Waals surface area contributed by atoms with Gasteiger partial charge in [0.1, 0.15) is 11.4 Å². The van der Waals surface area contributed by atoms with Gasteiger partial charge in [-0.1, -0.05) is 18.1 Å². The first-order valence-electron chi connectivity index (χ1n) is 11.3. The fraction of sp³-hybridized carbons (Fsp3) is 0.565. The zero-order valence-corrected chi connectivity index (χ0v) is 18.3. The molecule has 9 heteroatoms. The van der Waals surface area contributed by atoms with Crippen LogP contribution in [0.5, 0.6) is 5.75 Å². The van der Waals surface area contributed by atoms with Crippen LogP contribution in [-0.4, -0.2) is 44.9 Å². The number of benzene rings is 1. The normalized spacial score (nSPS) is 20.5. The zero-order valence-electron chi connectivity index (χ0n) is 18.3. The van der Waals surface area contributed by atoms with Crippen molar-refractivity contribution in [2.45, 2.75) is 57.6 Å². The van der Waals surface area contributed by atoms with Crippen molar-refractivity contribution < 1.29 is 24.2 Å². The maximum absolute atomic E-state index is 12.0. The van der Waals surface area contributed by atoms with Gasteiger partial charge in [0, 0.05) is 12.6 Å². The molecule has 2 aliphatic rings. The molecule has 1 aromatic heterocycles. The highest BCUT2D eigenvalue weighted by Crippen LogP contribution is 2.32. The highest BCUT2D eigenvalue weighted by molar-refractivity contribution is 5.70. The molecule has 0 radical (unpaired) electrons. The number of carbonyl (C=O) groups is 2. The summed E-state index contributed by atoms with van der Waals surface area (Å²) in [4.78, 5) is 23.2. The first-order valence-corrected chi connectivity index (χ1v) is 11.3. The van der Waals surface area contributed by atoms with Gasteiger partial charge in [0.05, 0.1) is 30.9 Å². The van der Waals surface area contributed by atoms with Crippen LogP contribution in [0.3, 0.4) is 0 Å². The molecule has 2 aliphatic carbocycles. The maximum atomic E-state index is 12.0. The standard InChI is InChI=1S/C23H30N4O5/c1-27-20(14-24-23(30)31-12-11-15-5-6-15)21(25-26-27)16-7-9-18(10-8-16)32-19-4-2-3-17(13-19)22(28)29/h7-10,15,17,19H,2-6,11-14H2,1H3,(H,24,30)(H,28,29). The van der Waals surface area contributed by atoms with Crippen molar-refractivity contribution in [1.29, 1.82) is 0 Å². The molecule has 32 heavy (non-hydrogen) atoms. The molecule has 2 N–H and O–H groups in total. The van der Waals surface area contributed by atoms with E-state index in [0.29, 0.717) is 30.9 Å². The quantitative estimate of drug-likeness (QED) is 0.610. The highest BCUT2D eigenvalue weighted by Gasteiger charge is 2.28. The van der Waals surface area contributed by atoms with Gasteiger partial charge in [-0.05, 0) is 62.3 Å². The smallest absolute Gasteiger partial charge is 0.407 e. The number of carboxylic acid groups (broad SMARTS) is 1. The van der Waals surface area contributed by atoms with Crippen molar-refractivity contribution in [2.75, 3.05) is 6.61 Å². The van der Waals surface area contributed by atoms with E-state index >= 15 is 0 Å². The molecule has 1 heterocycles. The van der Waals surface area contributed by atoms with Gasteiger partial charge in [-0.25, -0.2) is 9.48 Å². The van der Waals surface area contributed by atoms with Gasteiger partial charge < -0.3 is 19.9 Å². The van der Waals surface area contributed by atoms with Gasteiger partial charge in [0.2, 0.25) is 0 Å². The second-order valence-corrected chi connectivity index (χ2v) is 8.70. The molecule has 2 saturated carbocycles. The first-order chi connectivity index (χ1) is 15.5. The number of nitrogens with one attached hydrogen (secondary N) is 1. The Morgan fingerprint density at radius 1 is 1.19 bits per heavy atom. The van der Waals surface area contributed by atoms with Crippen molar-refractivity contribution in [3.8, 4) is 17.0 Å². The predicted molar refractivity (Wildman–Crippen MR) is 116 cm³/mol. The van der Waals surface area contributed by atoms with Crippen LogP contribution in [0.25, 0.3) is 11.3 Å². The van der Waals surface area contributed by atoms with Crippen LogP contribution >= 0.6 is 0 Å². The molecular weight excluding hydrogens is 412 g/mol. The molecule has 0 spiro atoms. The van der Waals surface area contributed by atoms with Crippen molar-refractivity contribution in [1.82, 2.24) is 20.3 Å². The molecule has 172 valence electrons. The Morgan fingerprint density at radius 2 is 1.97 bits per heavy atom.